The minimum absolute atomic E-state index is 0. The van der Waals surface area contributed by atoms with Crippen molar-refractivity contribution in [3.8, 4) is 0 Å². The second-order valence-corrected chi connectivity index (χ2v) is 3.32. The van der Waals surface area contributed by atoms with Crippen molar-refractivity contribution in [1.29, 1.82) is 0 Å². The highest BCUT2D eigenvalue weighted by atomic mass is 16.1. The average Bonchev–Trinajstić information content (AvgIpc) is 1.58. The Morgan fingerprint density at radius 1 is 1.27 bits per heavy atom. The quantitative estimate of drug-likeness (QED) is 0.672. The lowest BCUT2D eigenvalue weighted by molar-refractivity contribution is -0.122. The molecule has 0 bridgehead atoms. The number of hydrogen-bond donors (Lipinski definition) is 1. The third-order valence-corrected chi connectivity index (χ3v) is 1.04. The summed E-state index contributed by atoms with van der Waals surface area (Å²) in [6, 6.07) is 0.270. The van der Waals surface area contributed by atoms with Crippen LogP contribution in [0.25, 0.3) is 0 Å². The molecule has 0 heterocycles. The molecule has 0 rings (SSSR count). The van der Waals surface area contributed by atoms with E-state index in [2.05, 4.69) is 5.32 Å². The number of hydrogen-bond acceptors (Lipinski definition) is 1. The highest BCUT2D eigenvalue weighted by molar-refractivity contribution is 5.76. The molecule has 0 aliphatic carbocycles. The maximum Gasteiger partial charge on any atom is 0.220 e. The fourth-order valence-corrected chi connectivity index (χ4v) is 0.752. The molecule has 0 fully saturated rings. The number of carbonyl (C=O) groups excluding carboxylic acids is 1. The van der Waals surface area contributed by atoms with E-state index in [1.165, 1.54) is 0 Å². The van der Waals surface area contributed by atoms with Gasteiger partial charge in [0.15, 0.2) is 0 Å². The molecule has 0 unspecified atom stereocenters. The van der Waals surface area contributed by atoms with Crippen molar-refractivity contribution in [2.75, 3.05) is 0 Å². The smallest absolute Gasteiger partial charge is 0.220 e. The standard InChI is InChI=1S/C8H17NO.CH4/c1-6(2)5-8(10)9-7(3)4;/h6-7H,5H2,1-4H3,(H,9,10);1H4. The molecule has 2 heteroatoms. The first-order valence-corrected chi connectivity index (χ1v) is 3.81. The zero-order valence-corrected chi connectivity index (χ0v) is 7.27. The first-order chi connectivity index (χ1) is 4.52. The van der Waals surface area contributed by atoms with Crippen LogP contribution in [0.5, 0.6) is 0 Å². The van der Waals surface area contributed by atoms with Gasteiger partial charge >= 0.3 is 0 Å². The summed E-state index contributed by atoms with van der Waals surface area (Å²) in [5.74, 6) is 0.615. The van der Waals surface area contributed by atoms with Gasteiger partial charge in [-0.15, -0.1) is 0 Å². The van der Waals surface area contributed by atoms with E-state index in [0.717, 1.165) is 0 Å². The highest BCUT2D eigenvalue weighted by Gasteiger charge is 2.04. The average molecular weight is 159 g/mol. The number of carbonyl (C=O) groups is 1. The Kier molecular flexibility index (Phi) is 7.37. The van der Waals surface area contributed by atoms with Crippen molar-refractivity contribution in [2.24, 2.45) is 5.92 Å². The van der Waals surface area contributed by atoms with Crippen LogP contribution in [0.4, 0.5) is 0 Å². The first-order valence-electron chi connectivity index (χ1n) is 3.81. The van der Waals surface area contributed by atoms with Crippen LogP contribution in [-0.2, 0) is 4.79 Å². The van der Waals surface area contributed by atoms with Gasteiger partial charge in [-0.2, -0.15) is 0 Å². The van der Waals surface area contributed by atoms with E-state index >= 15 is 0 Å². The fraction of sp³-hybridized carbons (Fsp3) is 0.889. The number of nitrogens with one attached hydrogen (secondary N) is 1. The summed E-state index contributed by atoms with van der Waals surface area (Å²) in [4.78, 5) is 11.0. The molecule has 0 aliphatic rings. The minimum atomic E-state index is 0. The summed E-state index contributed by atoms with van der Waals surface area (Å²) in [5, 5.41) is 2.84. The Balaban J connectivity index is 0. The van der Waals surface area contributed by atoms with E-state index in [1.807, 2.05) is 27.7 Å². The molecule has 0 spiro atoms. The second kappa shape index (κ2) is 6.20. The number of rotatable bonds is 3. The molecule has 0 aromatic carbocycles. The van der Waals surface area contributed by atoms with Crippen LogP contribution in [0.3, 0.4) is 0 Å². The summed E-state index contributed by atoms with van der Waals surface area (Å²) in [5.41, 5.74) is 0. The Morgan fingerprint density at radius 2 is 1.73 bits per heavy atom. The van der Waals surface area contributed by atoms with Crippen molar-refractivity contribution in [2.45, 2.75) is 47.6 Å². The summed E-state index contributed by atoms with van der Waals surface area (Å²) < 4.78 is 0. The van der Waals surface area contributed by atoms with Crippen molar-refractivity contribution in [3.05, 3.63) is 0 Å². The van der Waals surface area contributed by atoms with Crippen LogP contribution in [0.15, 0.2) is 0 Å². The van der Waals surface area contributed by atoms with E-state index in [0.29, 0.717) is 12.3 Å². The molecule has 0 atom stereocenters. The Labute approximate surface area is 70.4 Å². The minimum Gasteiger partial charge on any atom is -0.354 e. The molecular formula is C9H21NO. The van der Waals surface area contributed by atoms with Crippen LogP contribution in [-0.4, -0.2) is 11.9 Å². The van der Waals surface area contributed by atoms with Gasteiger partial charge in [-0.05, 0) is 19.8 Å². The van der Waals surface area contributed by atoms with E-state index in [1.54, 1.807) is 0 Å². The van der Waals surface area contributed by atoms with E-state index in [9.17, 15) is 4.79 Å². The molecule has 0 radical (unpaired) electrons. The highest BCUT2D eigenvalue weighted by Crippen LogP contribution is 1.98. The SMILES string of the molecule is C.CC(C)CC(=O)NC(C)C. The van der Waals surface area contributed by atoms with Gasteiger partial charge in [0, 0.05) is 12.5 Å². The van der Waals surface area contributed by atoms with Gasteiger partial charge in [0.1, 0.15) is 0 Å². The van der Waals surface area contributed by atoms with E-state index in [-0.39, 0.29) is 19.4 Å². The predicted octanol–water partition coefficient (Wildman–Crippen LogP) is 2.19. The normalized spacial score (nSPS) is 9.64. The van der Waals surface area contributed by atoms with Gasteiger partial charge in [0.05, 0.1) is 0 Å². The monoisotopic (exact) mass is 159 g/mol. The van der Waals surface area contributed by atoms with Crippen molar-refractivity contribution < 1.29 is 4.79 Å². The molecule has 0 saturated heterocycles. The molecule has 1 amide bonds. The maximum atomic E-state index is 11.0. The molecule has 0 aromatic heterocycles. The van der Waals surface area contributed by atoms with Crippen molar-refractivity contribution in [1.82, 2.24) is 5.32 Å². The zero-order valence-electron chi connectivity index (χ0n) is 7.27. The Morgan fingerprint density at radius 3 is 2.00 bits per heavy atom. The molecule has 1 N–H and O–H groups in total. The second-order valence-electron chi connectivity index (χ2n) is 3.32. The van der Waals surface area contributed by atoms with E-state index in [4.69, 9.17) is 0 Å². The van der Waals surface area contributed by atoms with Crippen LogP contribution < -0.4 is 5.32 Å². The summed E-state index contributed by atoms with van der Waals surface area (Å²) >= 11 is 0. The summed E-state index contributed by atoms with van der Waals surface area (Å²) in [7, 11) is 0. The van der Waals surface area contributed by atoms with Crippen LogP contribution in [0.2, 0.25) is 0 Å². The van der Waals surface area contributed by atoms with Crippen molar-refractivity contribution in [3.63, 3.8) is 0 Å². The van der Waals surface area contributed by atoms with Gasteiger partial charge in [0.25, 0.3) is 0 Å². The molecule has 0 aliphatic heterocycles. The summed E-state index contributed by atoms with van der Waals surface area (Å²) in [6.45, 7) is 8.02. The first kappa shape index (κ1) is 13.1. The van der Waals surface area contributed by atoms with Gasteiger partial charge < -0.3 is 5.32 Å². The molecule has 0 aromatic rings. The molecule has 11 heavy (non-hydrogen) atoms. The lowest BCUT2D eigenvalue weighted by Crippen LogP contribution is -2.30. The van der Waals surface area contributed by atoms with Gasteiger partial charge in [0.2, 0.25) is 5.91 Å². The van der Waals surface area contributed by atoms with Gasteiger partial charge in [-0.1, -0.05) is 21.3 Å². The molecule has 68 valence electrons. The Bertz CT molecular complexity index is 96.1. The largest absolute Gasteiger partial charge is 0.354 e. The molecular weight excluding hydrogens is 138 g/mol. The van der Waals surface area contributed by atoms with Crippen LogP contribution >= 0.6 is 0 Å². The topological polar surface area (TPSA) is 29.1 Å². The van der Waals surface area contributed by atoms with Gasteiger partial charge in [-0.25, -0.2) is 0 Å². The Hall–Kier alpha value is -0.530. The lowest BCUT2D eigenvalue weighted by Gasteiger charge is -2.09. The zero-order chi connectivity index (χ0) is 8.15. The maximum absolute atomic E-state index is 11.0. The van der Waals surface area contributed by atoms with Crippen molar-refractivity contribution >= 4 is 5.91 Å². The molecule has 0 saturated carbocycles. The van der Waals surface area contributed by atoms with Crippen LogP contribution in [0.1, 0.15) is 41.5 Å². The predicted molar refractivity (Wildman–Crippen MR) is 49.5 cm³/mol. The number of amides is 1. The molecule has 2 nitrogen and oxygen atoms in total. The lowest BCUT2D eigenvalue weighted by atomic mass is 10.1. The van der Waals surface area contributed by atoms with Crippen LogP contribution in [0, 0.1) is 5.92 Å². The van der Waals surface area contributed by atoms with Gasteiger partial charge in [-0.3, -0.25) is 4.79 Å². The summed E-state index contributed by atoms with van der Waals surface area (Å²) in [6.07, 6.45) is 0.637. The van der Waals surface area contributed by atoms with E-state index < -0.39 is 0 Å². The third-order valence-electron chi connectivity index (χ3n) is 1.04. The third kappa shape index (κ3) is 9.47. The fourth-order valence-electron chi connectivity index (χ4n) is 0.752.